The van der Waals surface area contributed by atoms with Crippen LogP contribution in [0.2, 0.25) is 0 Å². The van der Waals surface area contributed by atoms with Gasteiger partial charge in [-0.3, -0.25) is 4.90 Å². The van der Waals surface area contributed by atoms with Gasteiger partial charge >= 0.3 is 0 Å². The minimum atomic E-state index is 0.480. The molecule has 1 aliphatic rings. The van der Waals surface area contributed by atoms with E-state index in [2.05, 4.69) is 25.2 Å². The second kappa shape index (κ2) is 5.98. The molecule has 1 fully saturated rings. The Balaban J connectivity index is 1.61. The van der Waals surface area contributed by atoms with Gasteiger partial charge in [-0.05, 0) is 6.07 Å². The molecule has 7 nitrogen and oxygen atoms in total. The van der Waals surface area contributed by atoms with Gasteiger partial charge in [-0.15, -0.1) is 0 Å². The van der Waals surface area contributed by atoms with E-state index in [-0.39, 0.29) is 0 Å². The quantitative estimate of drug-likeness (QED) is 0.831. The first kappa shape index (κ1) is 13.0. The molecule has 1 aliphatic heterocycles. The van der Waals surface area contributed by atoms with Gasteiger partial charge in [-0.1, -0.05) is 0 Å². The van der Waals surface area contributed by atoms with Crippen molar-refractivity contribution in [1.29, 1.82) is 0 Å². The highest BCUT2D eigenvalue weighted by Crippen LogP contribution is 2.18. The summed E-state index contributed by atoms with van der Waals surface area (Å²) in [5.41, 5.74) is 6.60. The van der Waals surface area contributed by atoms with E-state index in [0.717, 1.165) is 56.1 Å². The van der Waals surface area contributed by atoms with Crippen LogP contribution in [-0.4, -0.2) is 59.2 Å². The van der Waals surface area contributed by atoms with Gasteiger partial charge in [0.2, 0.25) is 0 Å². The Morgan fingerprint density at radius 2 is 2.10 bits per heavy atom. The van der Waals surface area contributed by atoms with Crippen molar-refractivity contribution in [1.82, 2.24) is 19.9 Å². The molecule has 0 saturated carbocycles. The third-order valence-electron chi connectivity index (χ3n) is 3.39. The largest absolute Gasteiger partial charge is 0.383 e. The summed E-state index contributed by atoms with van der Waals surface area (Å²) in [4.78, 5) is 14.8. The molecule has 3 heterocycles. The average Bonchev–Trinajstić information content (AvgIpc) is 2.49. The lowest BCUT2D eigenvalue weighted by Crippen LogP contribution is -2.39. The summed E-state index contributed by atoms with van der Waals surface area (Å²) in [7, 11) is 0. The van der Waals surface area contributed by atoms with E-state index in [9.17, 15) is 0 Å². The Bertz CT molecular complexity index is 584. The molecule has 0 amide bonds. The van der Waals surface area contributed by atoms with Gasteiger partial charge in [-0.25, -0.2) is 15.0 Å². The van der Waals surface area contributed by atoms with Gasteiger partial charge in [-0.2, -0.15) is 0 Å². The first-order chi connectivity index (χ1) is 9.83. The predicted octanol–water partition coefficient (Wildman–Crippen LogP) is 0.351. The fraction of sp³-hybridized carbons (Fsp3) is 0.462. The number of aromatic nitrogens is 3. The zero-order valence-corrected chi connectivity index (χ0v) is 11.2. The number of ether oxygens (including phenoxy) is 1. The summed E-state index contributed by atoms with van der Waals surface area (Å²) in [6.45, 7) is 5.45. The van der Waals surface area contributed by atoms with Crippen LogP contribution in [0.15, 0.2) is 18.6 Å². The van der Waals surface area contributed by atoms with E-state index in [1.807, 2.05) is 6.07 Å². The van der Waals surface area contributed by atoms with E-state index >= 15 is 0 Å². The second-order valence-corrected chi connectivity index (χ2v) is 4.73. The topological polar surface area (TPSA) is 89.2 Å². The maximum Gasteiger partial charge on any atom is 0.134 e. The number of nitrogens with zero attached hydrogens (tertiary/aromatic N) is 4. The molecule has 0 bridgehead atoms. The van der Waals surface area contributed by atoms with Gasteiger partial charge in [0.15, 0.2) is 0 Å². The summed E-state index contributed by atoms with van der Waals surface area (Å²) in [5, 5.41) is 4.14. The van der Waals surface area contributed by atoms with E-state index in [1.54, 1.807) is 6.20 Å². The van der Waals surface area contributed by atoms with Crippen LogP contribution in [0, 0.1) is 0 Å². The van der Waals surface area contributed by atoms with Crippen molar-refractivity contribution < 1.29 is 4.74 Å². The predicted molar refractivity (Wildman–Crippen MR) is 77.5 cm³/mol. The first-order valence-corrected chi connectivity index (χ1v) is 6.73. The molecule has 0 aromatic carbocycles. The molecule has 1 saturated heterocycles. The number of fused-ring (bicyclic) bond motifs is 1. The van der Waals surface area contributed by atoms with Crippen LogP contribution in [0.25, 0.3) is 10.9 Å². The number of nitrogens with two attached hydrogens (primary N) is 1. The smallest absolute Gasteiger partial charge is 0.134 e. The van der Waals surface area contributed by atoms with Gasteiger partial charge in [0.25, 0.3) is 0 Å². The molecular weight excluding hydrogens is 256 g/mol. The molecule has 106 valence electrons. The van der Waals surface area contributed by atoms with Crippen molar-refractivity contribution in [3.8, 4) is 0 Å². The lowest BCUT2D eigenvalue weighted by Gasteiger charge is -2.26. The first-order valence-electron chi connectivity index (χ1n) is 6.73. The van der Waals surface area contributed by atoms with E-state index in [0.29, 0.717) is 5.82 Å². The van der Waals surface area contributed by atoms with Crippen molar-refractivity contribution in [2.45, 2.75) is 0 Å². The van der Waals surface area contributed by atoms with Crippen LogP contribution in [0.3, 0.4) is 0 Å². The number of hydrogen-bond acceptors (Lipinski definition) is 7. The monoisotopic (exact) mass is 274 g/mol. The number of morpholine rings is 1. The SMILES string of the molecule is Nc1ncnc2cnc(NCCN3CCOCC3)cc12. The Morgan fingerprint density at radius 3 is 2.95 bits per heavy atom. The lowest BCUT2D eigenvalue weighted by molar-refractivity contribution is 0.0398. The lowest BCUT2D eigenvalue weighted by atomic mass is 10.3. The third-order valence-corrected chi connectivity index (χ3v) is 3.39. The van der Waals surface area contributed by atoms with Gasteiger partial charge in [0.05, 0.1) is 24.9 Å². The molecule has 2 aromatic heterocycles. The van der Waals surface area contributed by atoms with Gasteiger partial charge < -0.3 is 15.8 Å². The molecule has 2 aromatic rings. The van der Waals surface area contributed by atoms with Crippen LogP contribution in [0.5, 0.6) is 0 Å². The molecule has 3 N–H and O–H groups in total. The number of anilines is 2. The van der Waals surface area contributed by atoms with E-state index in [1.165, 1.54) is 6.33 Å². The fourth-order valence-corrected chi connectivity index (χ4v) is 2.24. The van der Waals surface area contributed by atoms with Crippen LogP contribution < -0.4 is 11.1 Å². The zero-order valence-electron chi connectivity index (χ0n) is 11.2. The Labute approximate surface area is 117 Å². The Morgan fingerprint density at radius 1 is 1.25 bits per heavy atom. The highest BCUT2D eigenvalue weighted by Gasteiger charge is 2.09. The fourth-order valence-electron chi connectivity index (χ4n) is 2.24. The van der Waals surface area contributed by atoms with Crippen LogP contribution >= 0.6 is 0 Å². The number of nitrogens with one attached hydrogen (secondary N) is 1. The summed E-state index contributed by atoms with van der Waals surface area (Å²) >= 11 is 0. The number of nitrogen functional groups attached to an aromatic ring is 1. The van der Waals surface area contributed by atoms with Crippen molar-refractivity contribution in [2.24, 2.45) is 0 Å². The van der Waals surface area contributed by atoms with Crippen LogP contribution in [-0.2, 0) is 4.74 Å². The normalized spacial score (nSPS) is 16.4. The minimum Gasteiger partial charge on any atom is -0.383 e. The molecule has 7 heteroatoms. The molecule has 20 heavy (non-hydrogen) atoms. The highest BCUT2D eigenvalue weighted by atomic mass is 16.5. The number of rotatable bonds is 4. The van der Waals surface area contributed by atoms with E-state index in [4.69, 9.17) is 10.5 Å². The van der Waals surface area contributed by atoms with Crippen molar-refractivity contribution in [3.05, 3.63) is 18.6 Å². The minimum absolute atomic E-state index is 0.480. The summed E-state index contributed by atoms with van der Waals surface area (Å²) in [6.07, 6.45) is 3.16. The highest BCUT2D eigenvalue weighted by molar-refractivity contribution is 5.88. The average molecular weight is 274 g/mol. The standard InChI is InChI=1S/C13H18N6O/c14-13-10-7-12(16-8-11(10)17-9-18-13)15-1-2-19-3-5-20-6-4-19/h7-9H,1-6H2,(H,15,16)(H2,14,17,18). The molecule has 0 radical (unpaired) electrons. The molecule has 0 atom stereocenters. The third kappa shape index (κ3) is 2.94. The number of hydrogen-bond donors (Lipinski definition) is 2. The maximum atomic E-state index is 5.84. The van der Waals surface area contributed by atoms with Crippen molar-refractivity contribution in [3.63, 3.8) is 0 Å². The zero-order chi connectivity index (χ0) is 13.8. The molecule has 0 spiro atoms. The molecule has 0 unspecified atom stereocenters. The van der Waals surface area contributed by atoms with Crippen molar-refractivity contribution in [2.75, 3.05) is 50.4 Å². The molecule has 3 rings (SSSR count). The number of pyridine rings is 1. The summed E-state index contributed by atoms with van der Waals surface area (Å²) < 4.78 is 5.32. The second-order valence-electron chi connectivity index (χ2n) is 4.73. The molecule has 0 aliphatic carbocycles. The summed E-state index contributed by atoms with van der Waals surface area (Å²) in [6, 6.07) is 1.89. The summed E-state index contributed by atoms with van der Waals surface area (Å²) in [5.74, 6) is 1.28. The molecular formula is C13H18N6O. The van der Waals surface area contributed by atoms with Crippen LogP contribution in [0.4, 0.5) is 11.6 Å². The van der Waals surface area contributed by atoms with E-state index < -0.39 is 0 Å². The Hall–Kier alpha value is -1.99. The Kier molecular flexibility index (Phi) is 3.89. The van der Waals surface area contributed by atoms with Gasteiger partial charge in [0, 0.05) is 31.6 Å². The van der Waals surface area contributed by atoms with Gasteiger partial charge in [0.1, 0.15) is 18.0 Å². The van der Waals surface area contributed by atoms with Crippen molar-refractivity contribution >= 4 is 22.5 Å². The maximum absolute atomic E-state index is 5.84. The van der Waals surface area contributed by atoms with Crippen LogP contribution in [0.1, 0.15) is 0 Å².